The molecular formula is C13H15N3O2S. The van der Waals surface area contributed by atoms with Crippen molar-refractivity contribution in [2.45, 2.75) is 18.5 Å². The molecule has 2 rings (SSSR count). The van der Waals surface area contributed by atoms with Crippen molar-refractivity contribution >= 4 is 17.7 Å². The predicted molar refractivity (Wildman–Crippen MR) is 74.2 cm³/mol. The fourth-order valence-electron chi connectivity index (χ4n) is 1.71. The van der Waals surface area contributed by atoms with Gasteiger partial charge in [-0.15, -0.1) is 10.2 Å². The second kappa shape index (κ2) is 5.88. The van der Waals surface area contributed by atoms with E-state index in [9.17, 15) is 4.79 Å². The van der Waals surface area contributed by atoms with E-state index in [2.05, 4.69) is 16.3 Å². The number of aromatic nitrogens is 3. The third-order valence-corrected chi connectivity index (χ3v) is 3.68. The molecule has 0 aliphatic heterocycles. The molecule has 0 saturated carbocycles. The molecule has 0 aliphatic carbocycles. The van der Waals surface area contributed by atoms with E-state index in [-0.39, 0.29) is 6.42 Å². The SMILES string of the molecule is Cc1cccc(-c2nnc(SCCC(=O)O)n2C)c1. The van der Waals surface area contributed by atoms with Gasteiger partial charge in [0.25, 0.3) is 0 Å². The van der Waals surface area contributed by atoms with Crippen molar-refractivity contribution in [3.05, 3.63) is 29.8 Å². The first-order chi connectivity index (χ1) is 9.08. The van der Waals surface area contributed by atoms with Crippen LogP contribution >= 0.6 is 11.8 Å². The Morgan fingerprint density at radius 1 is 1.42 bits per heavy atom. The zero-order valence-corrected chi connectivity index (χ0v) is 11.6. The highest BCUT2D eigenvalue weighted by Crippen LogP contribution is 2.23. The molecule has 6 heteroatoms. The average molecular weight is 277 g/mol. The summed E-state index contributed by atoms with van der Waals surface area (Å²) in [6.45, 7) is 2.03. The lowest BCUT2D eigenvalue weighted by Gasteiger charge is -2.04. The Balaban J connectivity index is 2.16. The number of benzene rings is 1. The molecule has 0 saturated heterocycles. The maximum Gasteiger partial charge on any atom is 0.304 e. The van der Waals surface area contributed by atoms with Crippen LogP contribution < -0.4 is 0 Å². The zero-order chi connectivity index (χ0) is 13.8. The highest BCUT2D eigenvalue weighted by atomic mass is 32.2. The van der Waals surface area contributed by atoms with Gasteiger partial charge in [-0.25, -0.2) is 0 Å². The Morgan fingerprint density at radius 2 is 2.21 bits per heavy atom. The summed E-state index contributed by atoms with van der Waals surface area (Å²) in [4.78, 5) is 10.5. The Kier molecular flexibility index (Phi) is 4.21. The molecule has 1 N–H and O–H groups in total. The van der Waals surface area contributed by atoms with Crippen molar-refractivity contribution in [1.29, 1.82) is 0 Å². The number of carboxylic acid groups (broad SMARTS) is 1. The van der Waals surface area contributed by atoms with Crippen LogP contribution in [-0.2, 0) is 11.8 Å². The second-order valence-corrected chi connectivity index (χ2v) is 5.29. The van der Waals surface area contributed by atoms with E-state index in [0.717, 1.165) is 16.5 Å². The number of thioether (sulfide) groups is 1. The molecule has 1 heterocycles. The van der Waals surface area contributed by atoms with Gasteiger partial charge in [-0.1, -0.05) is 35.5 Å². The van der Waals surface area contributed by atoms with E-state index in [0.29, 0.717) is 5.75 Å². The number of aliphatic carboxylic acids is 1. The van der Waals surface area contributed by atoms with Crippen LogP contribution in [0.4, 0.5) is 0 Å². The fourth-order valence-corrected chi connectivity index (χ4v) is 2.54. The fraction of sp³-hybridized carbons (Fsp3) is 0.308. The summed E-state index contributed by atoms with van der Waals surface area (Å²) in [5, 5.41) is 17.6. The van der Waals surface area contributed by atoms with Crippen molar-refractivity contribution in [3.63, 3.8) is 0 Å². The van der Waals surface area contributed by atoms with Crippen molar-refractivity contribution in [2.75, 3.05) is 5.75 Å². The van der Waals surface area contributed by atoms with Crippen LogP contribution in [0.3, 0.4) is 0 Å². The molecule has 1 aromatic heterocycles. The van der Waals surface area contributed by atoms with Gasteiger partial charge in [0, 0.05) is 18.4 Å². The topological polar surface area (TPSA) is 68.0 Å². The normalized spacial score (nSPS) is 10.6. The molecule has 100 valence electrons. The van der Waals surface area contributed by atoms with E-state index < -0.39 is 5.97 Å². The van der Waals surface area contributed by atoms with Crippen LogP contribution in [0.1, 0.15) is 12.0 Å². The first-order valence-electron chi connectivity index (χ1n) is 5.89. The van der Waals surface area contributed by atoms with E-state index in [4.69, 9.17) is 5.11 Å². The molecule has 5 nitrogen and oxygen atoms in total. The van der Waals surface area contributed by atoms with E-state index in [1.807, 2.05) is 36.7 Å². The highest BCUT2D eigenvalue weighted by Gasteiger charge is 2.11. The molecular weight excluding hydrogens is 262 g/mol. The van der Waals surface area contributed by atoms with Gasteiger partial charge < -0.3 is 9.67 Å². The number of carbonyl (C=O) groups is 1. The van der Waals surface area contributed by atoms with Crippen LogP contribution in [0, 0.1) is 6.92 Å². The first-order valence-corrected chi connectivity index (χ1v) is 6.87. The van der Waals surface area contributed by atoms with Crippen molar-refractivity contribution in [3.8, 4) is 11.4 Å². The maximum absolute atomic E-state index is 10.5. The van der Waals surface area contributed by atoms with Crippen LogP contribution in [0.25, 0.3) is 11.4 Å². The molecule has 1 aromatic carbocycles. The van der Waals surface area contributed by atoms with Gasteiger partial charge in [-0.3, -0.25) is 4.79 Å². The summed E-state index contributed by atoms with van der Waals surface area (Å²) in [5.41, 5.74) is 2.18. The van der Waals surface area contributed by atoms with E-state index >= 15 is 0 Å². The summed E-state index contributed by atoms with van der Waals surface area (Å²) in [5.74, 6) is 0.491. The maximum atomic E-state index is 10.5. The van der Waals surface area contributed by atoms with Gasteiger partial charge >= 0.3 is 5.97 Å². The van der Waals surface area contributed by atoms with Crippen molar-refractivity contribution in [1.82, 2.24) is 14.8 Å². The molecule has 0 spiro atoms. The molecule has 0 atom stereocenters. The minimum atomic E-state index is -0.798. The van der Waals surface area contributed by atoms with E-state index in [1.165, 1.54) is 17.3 Å². The van der Waals surface area contributed by atoms with Crippen LogP contribution in [0.15, 0.2) is 29.4 Å². The van der Waals surface area contributed by atoms with Crippen LogP contribution in [0.2, 0.25) is 0 Å². The third-order valence-electron chi connectivity index (χ3n) is 2.66. The Hall–Kier alpha value is -1.82. The van der Waals surface area contributed by atoms with Gasteiger partial charge in [0.05, 0.1) is 6.42 Å². The van der Waals surface area contributed by atoms with Crippen molar-refractivity contribution < 1.29 is 9.90 Å². The lowest BCUT2D eigenvalue weighted by molar-refractivity contribution is -0.136. The number of carboxylic acids is 1. The smallest absolute Gasteiger partial charge is 0.304 e. The number of rotatable bonds is 5. The second-order valence-electron chi connectivity index (χ2n) is 4.23. The van der Waals surface area contributed by atoms with Crippen molar-refractivity contribution in [2.24, 2.45) is 7.05 Å². The molecule has 19 heavy (non-hydrogen) atoms. The Labute approximate surface area is 115 Å². The molecule has 0 bridgehead atoms. The van der Waals surface area contributed by atoms with Gasteiger partial charge in [0.2, 0.25) is 0 Å². The number of hydrogen-bond donors (Lipinski definition) is 1. The average Bonchev–Trinajstić information content (AvgIpc) is 2.71. The van der Waals surface area contributed by atoms with Gasteiger partial charge in [-0.2, -0.15) is 0 Å². The summed E-state index contributed by atoms with van der Waals surface area (Å²) in [6, 6.07) is 8.05. The van der Waals surface area contributed by atoms with E-state index in [1.54, 1.807) is 0 Å². The molecule has 0 amide bonds. The first kappa shape index (κ1) is 13.6. The summed E-state index contributed by atoms with van der Waals surface area (Å²) in [7, 11) is 1.89. The number of nitrogens with zero attached hydrogens (tertiary/aromatic N) is 3. The largest absolute Gasteiger partial charge is 0.481 e. The van der Waals surface area contributed by atoms with Gasteiger partial charge in [0.1, 0.15) is 0 Å². The third kappa shape index (κ3) is 3.35. The lowest BCUT2D eigenvalue weighted by atomic mass is 10.1. The summed E-state index contributed by atoms with van der Waals surface area (Å²) < 4.78 is 1.89. The Morgan fingerprint density at radius 3 is 2.89 bits per heavy atom. The minimum absolute atomic E-state index is 0.122. The molecule has 2 aromatic rings. The standard InChI is InChI=1S/C13H15N3O2S/c1-9-4-3-5-10(8-9)12-14-15-13(16(12)2)19-7-6-11(17)18/h3-5,8H,6-7H2,1-2H3,(H,17,18). The van der Waals surface area contributed by atoms with Gasteiger partial charge in [0.15, 0.2) is 11.0 Å². The predicted octanol–water partition coefficient (Wildman–Crippen LogP) is 2.36. The number of aryl methyl sites for hydroxylation is 1. The van der Waals surface area contributed by atoms with Crippen LogP contribution in [-0.4, -0.2) is 31.6 Å². The Bertz CT molecular complexity index is 595. The van der Waals surface area contributed by atoms with Crippen LogP contribution in [0.5, 0.6) is 0 Å². The summed E-state index contributed by atoms with van der Waals surface area (Å²) in [6.07, 6.45) is 0.122. The molecule has 0 fully saturated rings. The van der Waals surface area contributed by atoms with Gasteiger partial charge in [-0.05, 0) is 13.0 Å². The summed E-state index contributed by atoms with van der Waals surface area (Å²) >= 11 is 1.40. The highest BCUT2D eigenvalue weighted by molar-refractivity contribution is 7.99. The minimum Gasteiger partial charge on any atom is -0.481 e. The zero-order valence-electron chi connectivity index (χ0n) is 10.8. The lowest BCUT2D eigenvalue weighted by Crippen LogP contribution is -1.99. The monoisotopic (exact) mass is 277 g/mol. The number of hydrogen-bond acceptors (Lipinski definition) is 4. The molecule has 0 aliphatic rings. The quantitative estimate of drug-likeness (QED) is 0.850. The molecule has 0 unspecified atom stereocenters. The molecule has 0 radical (unpaired) electrons.